The summed E-state index contributed by atoms with van der Waals surface area (Å²) in [6, 6.07) is 1.12. The van der Waals surface area contributed by atoms with E-state index in [0.717, 1.165) is 19.2 Å². The molecular weight excluding hydrogens is 294 g/mol. The zero-order valence-electron chi connectivity index (χ0n) is 16.0. The van der Waals surface area contributed by atoms with E-state index in [4.69, 9.17) is 8.85 Å². The fraction of sp³-hybridized carbons (Fsp3) is 1.00. The molecular formula is C16H39NO2Si2. The second kappa shape index (κ2) is 9.45. The molecule has 0 aromatic heterocycles. The quantitative estimate of drug-likeness (QED) is 0.445. The lowest BCUT2D eigenvalue weighted by atomic mass is 10.1. The Hall–Kier alpha value is 0.314. The summed E-state index contributed by atoms with van der Waals surface area (Å²) < 4.78 is 12.4. The predicted octanol–water partition coefficient (Wildman–Crippen LogP) is 4.04. The molecule has 0 aliphatic rings. The average Bonchev–Trinajstić information content (AvgIpc) is 2.33. The molecule has 0 fully saturated rings. The van der Waals surface area contributed by atoms with Crippen LogP contribution >= 0.6 is 0 Å². The van der Waals surface area contributed by atoms with E-state index >= 15 is 0 Å². The maximum atomic E-state index is 6.38. The van der Waals surface area contributed by atoms with Crippen molar-refractivity contribution in [1.82, 2.24) is 4.90 Å². The summed E-state index contributed by atoms with van der Waals surface area (Å²) in [7, 11) is -0.512. The Morgan fingerprint density at radius 3 is 2.19 bits per heavy atom. The van der Waals surface area contributed by atoms with Gasteiger partial charge in [0.1, 0.15) is 0 Å². The Kier molecular flexibility index (Phi) is 9.59. The second-order valence-corrected chi connectivity index (χ2v) is 14.4. The Morgan fingerprint density at radius 1 is 1.19 bits per heavy atom. The monoisotopic (exact) mass is 333 g/mol. The van der Waals surface area contributed by atoms with Crippen molar-refractivity contribution in [3.05, 3.63) is 0 Å². The highest BCUT2D eigenvalue weighted by Gasteiger charge is 2.33. The van der Waals surface area contributed by atoms with E-state index in [1.807, 2.05) is 0 Å². The van der Waals surface area contributed by atoms with Crippen LogP contribution in [0.15, 0.2) is 0 Å². The van der Waals surface area contributed by atoms with Crippen LogP contribution < -0.4 is 0 Å². The summed E-state index contributed by atoms with van der Waals surface area (Å²) in [4.78, 5) is 2.43. The molecule has 0 aromatic carbocycles. The van der Waals surface area contributed by atoms with Crippen molar-refractivity contribution in [2.75, 3.05) is 20.2 Å². The summed E-state index contributed by atoms with van der Waals surface area (Å²) >= 11 is 0. The lowest BCUT2D eigenvalue weighted by Crippen LogP contribution is -2.45. The van der Waals surface area contributed by atoms with Crippen LogP contribution in [0.4, 0.5) is 0 Å². The molecule has 0 aliphatic carbocycles. The van der Waals surface area contributed by atoms with E-state index in [1.165, 1.54) is 12.8 Å². The van der Waals surface area contributed by atoms with Crippen molar-refractivity contribution in [1.29, 1.82) is 0 Å². The van der Waals surface area contributed by atoms with E-state index in [0.29, 0.717) is 5.73 Å². The maximum absolute atomic E-state index is 6.38. The highest BCUT2D eigenvalue weighted by molar-refractivity contribution is 6.67. The minimum Gasteiger partial charge on any atom is -0.395 e. The standard InChI is InChI=1S/C16H39NO2Si2/c1-10-18-21(9,19-15(2)20(7)8)14-12-11-13-17(6)16(3,4)5/h15,20H,10-14H2,1-9H3. The van der Waals surface area contributed by atoms with Crippen molar-refractivity contribution in [3.63, 3.8) is 0 Å². The summed E-state index contributed by atoms with van der Waals surface area (Å²) in [5, 5.41) is 0. The first-order valence-corrected chi connectivity index (χ1v) is 14.0. The third-order valence-corrected chi connectivity index (χ3v) is 9.66. The Morgan fingerprint density at radius 2 is 1.76 bits per heavy atom. The zero-order chi connectivity index (χ0) is 16.7. The van der Waals surface area contributed by atoms with Gasteiger partial charge in [0, 0.05) is 17.9 Å². The first kappa shape index (κ1) is 21.3. The molecule has 0 saturated heterocycles. The van der Waals surface area contributed by atoms with Crippen LogP contribution in [0, 0.1) is 0 Å². The lowest BCUT2D eigenvalue weighted by molar-refractivity contribution is 0.161. The van der Waals surface area contributed by atoms with E-state index in [1.54, 1.807) is 0 Å². The van der Waals surface area contributed by atoms with Crippen molar-refractivity contribution in [3.8, 4) is 0 Å². The van der Waals surface area contributed by atoms with Crippen molar-refractivity contribution in [2.24, 2.45) is 0 Å². The van der Waals surface area contributed by atoms with Crippen LogP contribution in [0.1, 0.15) is 47.5 Å². The van der Waals surface area contributed by atoms with E-state index < -0.39 is 17.4 Å². The zero-order valence-corrected chi connectivity index (χ0v) is 18.1. The van der Waals surface area contributed by atoms with Crippen LogP contribution in [0.2, 0.25) is 25.7 Å². The van der Waals surface area contributed by atoms with Crippen molar-refractivity contribution < 1.29 is 8.85 Å². The second-order valence-electron chi connectivity index (χ2n) is 7.68. The van der Waals surface area contributed by atoms with E-state index in [-0.39, 0.29) is 5.54 Å². The number of rotatable bonds is 10. The molecule has 21 heavy (non-hydrogen) atoms. The summed E-state index contributed by atoms with van der Waals surface area (Å²) in [5.41, 5.74) is 0.681. The lowest BCUT2D eigenvalue weighted by Gasteiger charge is -2.33. The molecule has 2 atom stereocenters. The van der Waals surface area contributed by atoms with Gasteiger partial charge in [0.15, 0.2) is 0 Å². The van der Waals surface area contributed by atoms with Gasteiger partial charge in [-0.25, -0.2) is 0 Å². The Labute approximate surface area is 136 Å². The van der Waals surface area contributed by atoms with Gasteiger partial charge in [-0.2, -0.15) is 0 Å². The molecule has 0 radical (unpaired) electrons. The average molecular weight is 334 g/mol. The predicted molar refractivity (Wildman–Crippen MR) is 99.1 cm³/mol. The van der Waals surface area contributed by atoms with Gasteiger partial charge >= 0.3 is 8.56 Å². The van der Waals surface area contributed by atoms with Gasteiger partial charge in [0.05, 0.1) is 8.80 Å². The SMILES string of the molecule is CCO[Si](C)(CCCCN(C)C(C)(C)C)OC(C)[SiH](C)C. The van der Waals surface area contributed by atoms with Gasteiger partial charge in [0.2, 0.25) is 0 Å². The molecule has 0 N–H and O–H groups in total. The largest absolute Gasteiger partial charge is 0.395 e. The van der Waals surface area contributed by atoms with Crippen LogP contribution in [-0.4, -0.2) is 53.7 Å². The van der Waals surface area contributed by atoms with Crippen LogP contribution in [0.3, 0.4) is 0 Å². The fourth-order valence-electron chi connectivity index (χ4n) is 2.13. The molecule has 0 bridgehead atoms. The topological polar surface area (TPSA) is 21.7 Å². The van der Waals surface area contributed by atoms with Crippen LogP contribution in [0.25, 0.3) is 0 Å². The van der Waals surface area contributed by atoms with Crippen LogP contribution in [-0.2, 0) is 8.85 Å². The molecule has 0 aliphatic heterocycles. The maximum Gasteiger partial charge on any atom is 0.334 e. The molecule has 0 aromatic rings. The Balaban J connectivity index is 4.26. The van der Waals surface area contributed by atoms with Gasteiger partial charge in [-0.05, 0) is 67.2 Å². The van der Waals surface area contributed by atoms with Crippen LogP contribution in [0.5, 0.6) is 0 Å². The summed E-state index contributed by atoms with van der Waals surface area (Å²) in [6.07, 6.45) is 2.43. The molecule has 0 spiro atoms. The molecule has 128 valence electrons. The molecule has 2 unspecified atom stereocenters. The third kappa shape index (κ3) is 9.13. The number of hydrogen-bond acceptors (Lipinski definition) is 3. The first-order valence-electron chi connectivity index (χ1n) is 8.55. The first-order chi connectivity index (χ1) is 9.52. The smallest absolute Gasteiger partial charge is 0.334 e. The van der Waals surface area contributed by atoms with Gasteiger partial charge in [-0.1, -0.05) is 19.5 Å². The van der Waals surface area contributed by atoms with Gasteiger partial charge in [0.25, 0.3) is 0 Å². The van der Waals surface area contributed by atoms with Crippen molar-refractivity contribution in [2.45, 2.75) is 84.4 Å². The van der Waals surface area contributed by atoms with E-state index in [2.05, 4.69) is 66.2 Å². The highest BCUT2D eigenvalue weighted by Crippen LogP contribution is 2.21. The highest BCUT2D eigenvalue weighted by atomic mass is 28.4. The summed E-state index contributed by atoms with van der Waals surface area (Å²) in [6.45, 7) is 20.0. The van der Waals surface area contributed by atoms with Gasteiger partial charge < -0.3 is 13.8 Å². The third-order valence-electron chi connectivity index (χ3n) is 4.34. The molecule has 0 heterocycles. The molecule has 0 amide bonds. The number of hydrogen-bond donors (Lipinski definition) is 0. The Bertz CT molecular complexity index is 282. The van der Waals surface area contributed by atoms with Gasteiger partial charge in [-0.3, -0.25) is 0 Å². The normalized spacial score (nSPS) is 17.3. The number of nitrogens with zero attached hydrogens (tertiary/aromatic N) is 1. The molecule has 3 nitrogen and oxygen atoms in total. The van der Waals surface area contributed by atoms with E-state index in [9.17, 15) is 0 Å². The van der Waals surface area contributed by atoms with Crippen molar-refractivity contribution >= 4 is 17.4 Å². The number of unbranched alkanes of at least 4 members (excludes halogenated alkanes) is 1. The minimum atomic E-state index is -1.98. The molecule has 5 heteroatoms. The molecule has 0 rings (SSSR count). The molecule has 0 saturated carbocycles. The minimum absolute atomic E-state index is 0.259. The van der Waals surface area contributed by atoms with Gasteiger partial charge in [-0.15, -0.1) is 0 Å². The fourth-order valence-corrected chi connectivity index (χ4v) is 6.70. The summed E-state index contributed by atoms with van der Waals surface area (Å²) in [5.74, 6) is 0.